The van der Waals surface area contributed by atoms with Crippen molar-refractivity contribution >= 4 is 17.2 Å². The predicted molar refractivity (Wildman–Crippen MR) is 99.0 cm³/mol. The Morgan fingerprint density at radius 3 is 2.54 bits per heavy atom. The maximum Gasteiger partial charge on any atom is 0.332 e. The van der Waals surface area contributed by atoms with E-state index >= 15 is 0 Å². The van der Waals surface area contributed by atoms with Gasteiger partial charge in [-0.05, 0) is 17.7 Å². The molecule has 10 heteroatoms. The number of amides is 1. The second kappa shape index (κ2) is 7.04. The summed E-state index contributed by atoms with van der Waals surface area (Å²) in [4.78, 5) is 43.5. The Balaban J connectivity index is 1.70. The molecule has 3 aromatic rings. The summed E-state index contributed by atoms with van der Waals surface area (Å²) >= 11 is 1.32. The zero-order valence-corrected chi connectivity index (χ0v) is 15.4. The number of benzene rings is 1. The van der Waals surface area contributed by atoms with Gasteiger partial charge < -0.3 is 10.0 Å². The molecular formula is C18H15FN4O4S. The Hall–Kier alpha value is -3.27. The van der Waals surface area contributed by atoms with Crippen LogP contribution >= 0.6 is 11.3 Å². The molecule has 1 aromatic carbocycles. The number of rotatable bonds is 4. The summed E-state index contributed by atoms with van der Waals surface area (Å²) in [6, 6.07) is 5.68. The molecule has 2 aromatic heterocycles. The van der Waals surface area contributed by atoms with Crippen LogP contribution in [0.15, 0.2) is 44.7 Å². The summed E-state index contributed by atoms with van der Waals surface area (Å²) in [5, 5.41) is 12.1. The molecule has 1 amide bonds. The van der Waals surface area contributed by atoms with Gasteiger partial charge >= 0.3 is 5.69 Å². The highest BCUT2D eigenvalue weighted by molar-refractivity contribution is 7.07. The predicted octanol–water partition coefficient (Wildman–Crippen LogP) is 1.02. The molecule has 1 N–H and O–H groups in total. The zero-order chi connectivity index (χ0) is 19.8. The van der Waals surface area contributed by atoms with Crippen LogP contribution in [0.25, 0.3) is 0 Å². The fraction of sp³-hybridized carbons (Fsp3) is 0.222. The van der Waals surface area contributed by atoms with Gasteiger partial charge in [-0.1, -0.05) is 12.1 Å². The van der Waals surface area contributed by atoms with E-state index in [1.54, 1.807) is 23.0 Å². The van der Waals surface area contributed by atoms with E-state index in [0.29, 0.717) is 11.3 Å². The summed E-state index contributed by atoms with van der Waals surface area (Å²) in [7, 11) is 0. The van der Waals surface area contributed by atoms with Crippen molar-refractivity contribution in [3.63, 3.8) is 0 Å². The van der Waals surface area contributed by atoms with Crippen LogP contribution in [0.4, 0.5) is 4.39 Å². The van der Waals surface area contributed by atoms with Crippen molar-refractivity contribution in [2.24, 2.45) is 0 Å². The van der Waals surface area contributed by atoms with Gasteiger partial charge in [0.05, 0.1) is 17.7 Å². The molecule has 8 nitrogen and oxygen atoms in total. The summed E-state index contributed by atoms with van der Waals surface area (Å²) in [6.45, 7) is 0.445. The smallest absolute Gasteiger partial charge is 0.332 e. The van der Waals surface area contributed by atoms with E-state index in [2.05, 4.69) is 4.98 Å². The maximum atomic E-state index is 13.1. The minimum Gasteiger partial charge on any atom is -0.501 e. The van der Waals surface area contributed by atoms with Gasteiger partial charge in [0.2, 0.25) is 5.75 Å². The number of fused-ring (bicyclic) bond motifs is 1. The number of hydrogen-bond donors (Lipinski definition) is 1. The van der Waals surface area contributed by atoms with E-state index in [1.807, 2.05) is 0 Å². The van der Waals surface area contributed by atoms with Crippen LogP contribution in [0.1, 0.15) is 21.7 Å². The second-order valence-corrected chi connectivity index (χ2v) is 7.07. The monoisotopic (exact) mass is 402 g/mol. The lowest BCUT2D eigenvalue weighted by Gasteiger charge is -2.30. The Labute approximate surface area is 161 Å². The molecule has 0 bridgehead atoms. The highest BCUT2D eigenvalue weighted by Gasteiger charge is 2.31. The van der Waals surface area contributed by atoms with Crippen molar-refractivity contribution < 1.29 is 14.3 Å². The van der Waals surface area contributed by atoms with Crippen LogP contribution in [0, 0.1) is 5.82 Å². The molecule has 0 saturated heterocycles. The van der Waals surface area contributed by atoms with E-state index in [0.717, 1.165) is 9.13 Å². The molecule has 1 aliphatic rings. The molecular weight excluding hydrogens is 387 g/mol. The van der Waals surface area contributed by atoms with Gasteiger partial charge in [0, 0.05) is 25.0 Å². The molecule has 1 aliphatic heterocycles. The van der Waals surface area contributed by atoms with Crippen molar-refractivity contribution in [2.75, 3.05) is 6.54 Å². The first-order valence-electron chi connectivity index (χ1n) is 8.43. The molecule has 3 heterocycles. The first-order valence-corrected chi connectivity index (χ1v) is 9.37. The van der Waals surface area contributed by atoms with Gasteiger partial charge in [0.25, 0.3) is 11.5 Å². The first-order chi connectivity index (χ1) is 13.5. The molecule has 0 unspecified atom stereocenters. The summed E-state index contributed by atoms with van der Waals surface area (Å²) in [6.07, 6.45) is 0. The van der Waals surface area contributed by atoms with E-state index in [4.69, 9.17) is 0 Å². The quantitative estimate of drug-likeness (QED) is 0.703. The topological polar surface area (TPSA) is 97.4 Å². The largest absolute Gasteiger partial charge is 0.501 e. The average molecular weight is 402 g/mol. The second-order valence-electron chi connectivity index (χ2n) is 6.36. The standard InChI is InChI=1S/C18H15FN4O4S/c19-12-3-1-11(2-4-12)7-21-5-6-22-14(16(21)25)15(24)17(26)23(18(22)27)8-13-9-28-10-20-13/h1-4,9-10,24H,5-8H2. The summed E-state index contributed by atoms with van der Waals surface area (Å²) in [5.41, 5.74) is 0.874. The van der Waals surface area contributed by atoms with Crippen molar-refractivity contribution in [2.45, 2.75) is 19.6 Å². The Morgan fingerprint density at radius 2 is 1.86 bits per heavy atom. The molecule has 144 valence electrons. The maximum absolute atomic E-state index is 13.1. The zero-order valence-electron chi connectivity index (χ0n) is 14.5. The fourth-order valence-corrected chi connectivity index (χ4v) is 3.71. The molecule has 0 fully saturated rings. The summed E-state index contributed by atoms with van der Waals surface area (Å²) in [5.74, 6) is -1.77. The normalized spacial score (nSPS) is 13.6. The minimum atomic E-state index is -0.929. The minimum absolute atomic E-state index is 0.0809. The van der Waals surface area contributed by atoms with E-state index in [9.17, 15) is 23.9 Å². The van der Waals surface area contributed by atoms with Crippen LogP contribution in [0.2, 0.25) is 0 Å². The van der Waals surface area contributed by atoms with Crippen LogP contribution in [0.3, 0.4) is 0 Å². The summed E-state index contributed by atoms with van der Waals surface area (Å²) < 4.78 is 15.1. The van der Waals surface area contributed by atoms with Gasteiger partial charge in [-0.2, -0.15) is 0 Å². The number of halogens is 1. The van der Waals surface area contributed by atoms with Crippen LogP contribution in [-0.4, -0.2) is 36.6 Å². The van der Waals surface area contributed by atoms with Crippen molar-refractivity contribution in [1.29, 1.82) is 0 Å². The van der Waals surface area contributed by atoms with Crippen LogP contribution < -0.4 is 11.2 Å². The fourth-order valence-electron chi connectivity index (χ4n) is 3.16. The van der Waals surface area contributed by atoms with Gasteiger partial charge in [-0.25, -0.2) is 14.2 Å². The van der Waals surface area contributed by atoms with E-state index in [1.165, 1.54) is 28.4 Å². The Bertz CT molecular complexity index is 1150. The SMILES string of the molecule is O=C1c2c(O)c(=O)n(Cc3cscn3)c(=O)n2CCN1Cc1ccc(F)cc1. The third-order valence-electron chi connectivity index (χ3n) is 4.58. The Morgan fingerprint density at radius 1 is 1.11 bits per heavy atom. The average Bonchev–Trinajstić information content (AvgIpc) is 3.20. The Kier molecular flexibility index (Phi) is 4.55. The van der Waals surface area contributed by atoms with Gasteiger partial charge in [0.15, 0.2) is 5.69 Å². The van der Waals surface area contributed by atoms with Crippen molar-refractivity contribution in [3.8, 4) is 5.75 Å². The number of thiazole rings is 1. The molecule has 0 radical (unpaired) electrons. The third kappa shape index (κ3) is 3.11. The van der Waals surface area contributed by atoms with Crippen LogP contribution in [0.5, 0.6) is 5.75 Å². The van der Waals surface area contributed by atoms with Crippen molar-refractivity contribution in [3.05, 3.63) is 78.8 Å². The molecule has 4 rings (SSSR count). The highest BCUT2D eigenvalue weighted by Crippen LogP contribution is 2.19. The van der Waals surface area contributed by atoms with E-state index < -0.39 is 22.9 Å². The number of hydrogen-bond acceptors (Lipinski definition) is 6. The highest BCUT2D eigenvalue weighted by atomic mass is 32.1. The van der Waals surface area contributed by atoms with Crippen LogP contribution in [-0.2, 0) is 19.6 Å². The number of carbonyl (C=O) groups excluding carboxylic acids is 1. The van der Waals surface area contributed by atoms with Gasteiger partial charge in [0.1, 0.15) is 5.82 Å². The van der Waals surface area contributed by atoms with Gasteiger partial charge in [-0.3, -0.25) is 18.7 Å². The lowest BCUT2D eigenvalue weighted by atomic mass is 10.1. The number of aromatic hydroxyl groups is 1. The first kappa shape index (κ1) is 18.1. The van der Waals surface area contributed by atoms with Gasteiger partial charge in [-0.15, -0.1) is 11.3 Å². The molecule has 0 spiro atoms. The molecule has 0 atom stereocenters. The third-order valence-corrected chi connectivity index (χ3v) is 5.21. The number of carbonyl (C=O) groups is 1. The van der Waals surface area contributed by atoms with E-state index in [-0.39, 0.29) is 37.7 Å². The van der Waals surface area contributed by atoms with Crippen molar-refractivity contribution in [1.82, 2.24) is 19.0 Å². The molecule has 0 saturated carbocycles. The molecule has 0 aliphatic carbocycles. The lowest BCUT2D eigenvalue weighted by Crippen LogP contribution is -2.49. The number of aromatic nitrogens is 3. The molecule has 28 heavy (non-hydrogen) atoms. The lowest BCUT2D eigenvalue weighted by molar-refractivity contribution is 0.0677. The number of nitrogens with zero attached hydrogens (tertiary/aromatic N) is 4.